The van der Waals surface area contributed by atoms with Gasteiger partial charge in [0.25, 0.3) is 0 Å². The molecule has 1 aromatic carbocycles. The van der Waals surface area contributed by atoms with E-state index < -0.39 is 0 Å². The maximum Gasteiger partial charge on any atom is 0.136 e. The fourth-order valence-corrected chi connectivity index (χ4v) is 2.78. The van der Waals surface area contributed by atoms with Gasteiger partial charge in [-0.2, -0.15) is 0 Å². The molecule has 1 fully saturated rings. The first-order valence-electron chi connectivity index (χ1n) is 7.19. The van der Waals surface area contributed by atoms with Crippen molar-refractivity contribution in [2.45, 2.75) is 32.2 Å². The summed E-state index contributed by atoms with van der Waals surface area (Å²) in [7, 11) is 0. The number of ketones is 1. The molecule has 0 aliphatic heterocycles. The highest BCUT2D eigenvalue weighted by atomic mass is 16.3. The molecule has 0 aromatic heterocycles. The summed E-state index contributed by atoms with van der Waals surface area (Å²) in [5.74, 6) is 0.695. The maximum atomic E-state index is 11.6. The van der Waals surface area contributed by atoms with E-state index in [-0.39, 0.29) is 12.5 Å². The van der Waals surface area contributed by atoms with Gasteiger partial charge < -0.3 is 5.11 Å². The zero-order chi connectivity index (χ0) is 13.5. The summed E-state index contributed by atoms with van der Waals surface area (Å²) in [6, 6.07) is 10.3. The molecule has 0 spiro atoms. The standard InChI is InChI=1S/C16H23NO2/c18-12-11-17(13-14-5-2-1-3-6-14)10-9-15-7-4-8-16(15)19/h1-3,5-6,15,18H,4,7-13H2. The first-order chi connectivity index (χ1) is 9.29. The van der Waals surface area contributed by atoms with Gasteiger partial charge in [0, 0.05) is 25.4 Å². The average molecular weight is 261 g/mol. The molecule has 1 N–H and O–H groups in total. The minimum absolute atomic E-state index is 0.172. The first kappa shape index (κ1) is 14.2. The quantitative estimate of drug-likeness (QED) is 0.818. The Morgan fingerprint density at radius 3 is 2.63 bits per heavy atom. The Labute approximate surface area is 115 Å². The molecular formula is C16H23NO2. The molecule has 3 heteroatoms. The Morgan fingerprint density at radius 1 is 1.21 bits per heavy atom. The van der Waals surface area contributed by atoms with Gasteiger partial charge >= 0.3 is 0 Å². The number of Topliss-reactive ketones (excluding diaryl/α,β-unsaturated/α-hetero) is 1. The largest absolute Gasteiger partial charge is 0.395 e. The number of carbonyl (C=O) groups is 1. The van der Waals surface area contributed by atoms with Crippen LogP contribution >= 0.6 is 0 Å². The predicted octanol–water partition coefficient (Wildman–Crippen LogP) is 2.24. The van der Waals surface area contributed by atoms with Crippen LogP contribution in [0.25, 0.3) is 0 Å². The van der Waals surface area contributed by atoms with Crippen molar-refractivity contribution in [3.8, 4) is 0 Å². The number of aliphatic hydroxyl groups is 1. The number of nitrogens with zero attached hydrogens (tertiary/aromatic N) is 1. The highest BCUT2D eigenvalue weighted by molar-refractivity contribution is 5.82. The van der Waals surface area contributed by atoms with E-state index in [9.17, 15) is 4.79 Å². The van der Waals surface area contributed by atoms with E-state index in [4.69, 9.17) is 5.11 Å². The van der Waals surface area contributed by atoms with Gasteiger partial charge in [-0.1, -0.05) is 30.3 Å². The molecule has 0 bridgehead atoms. The summed E-state index contributed by atoms with van der Waals surface area (Å²) in [6.07, 6.45) is 3.81. The third-order valence-corrected chi connectivity index (χ3v) is 3.89. The van der Waals surface area contributed by atoms with E-state index in [0.29, 0.717) is 12.3 Å². The van der Waals surface area contributed by atoms with Gasteiger partial charge in [0.2, 0.25) is 0 Å². The molecule has 0 radical (unpaired) electrons. The fourth-order valence-electron chi connectivity index (χ4n) is 2.78. The number of hydrogen-bond acceptors (Lipinski definition) is 3. The second kappa shape index (κ2) is 7.41. The summed E-state index contributed by atoms with van der Waals surface area (Å²) in [5.41, 5.74) is 1.26. The van der Waals surface area contributed by atoms with Gasteiger partial charge in [-0.05, 0) is 31.4 Å². The number of hydrogen-bond donors (Lipinski definition) is 1. The molecule has 0 amide bonds. The molecular weight excluding hydrogens is 238 g/mol. The normalized spacial score (nSPS) is 19.3. The molecule has 0 saturated heterocycles. The van der Waals surface area contributed by atoms with Gasteiger partial charge in [0.05, 0.1) is 6.61 Å². The Morgan fingerprint density at radius 2 is 2.00 bits per heavy atom. The number of aliphatic hydroxyl groups excluding tert-OH is 1. The zero-order valence-corrected chi connectivity index (χ0v) is 11.4. The highest BCUT2D eigenvalue weighted by Crippen LogP contribution is 2.24. The minimum atomic E-state index is 0.172. The van der Waals surface area contributed by atoms with E-state index in [2.05, 4.69) is 17.0 Å². The van der Waals surface area contributed by atoms with Crippen LogP contribution < -0.4 is 0 Å². The van der Waals surface area contributed by atoms with Crippen molar-refractivity contribution in [1.82, 2.24) is 4.90 Å². The Kier molecular flexibility index (Phi) is 5.55. The van der Waals surface area contributed by atoms with Crippen molar-refractivity contribution < 1.29 is 9.90 Å². The van der Waals surface area contributed by atoms with E-state index in [1.165, 1.54) is 5.56 Å². The smallest absolute Gasteiger partial charge is 0.136 e. The van der Waals surface area contributed by atoms with Crippen LogP contribution in [0.3, 0.4) is 0 Å². The van der Waals surface area contributed by atoms with Crippen LogP contribution in [0.2, 0.25) is 0 Å². The number of rotatable bonds is 7. The predicted molar refractivity (Wildman–Crippen MR) is 75.8 cm³/mol. The molecule has 1 aliphatic rings. The summed E-state index contributed by atoms with van der Waals surface area (Å²) >= 11 is 0. The van der Waals surface area contributed by atoms with Gasteiger partial charge in [0.1, 0.15) is 5.78 Å². The second-order valence-electron chi connectivity index (χ2n) is 5.33. The highest BCUT2D eigenvalue weighted by Gasteiger charge is 2.24. The van der Waals surface area contributed by atoms with E-state index >= 15 is 0 Å². The average Bonchev–Trinajstić information content (AvgIpc) is 2.83. The zero-order valence-electron chi connectivity index (χ0n) is 11.4. The van der Waals surface area contributed by atoms with Crippen molar-refractivity contribution in [3.05, 3.63) is 35.9 Å². The molecule has 1 atom stereocenters. The summed E-state index contributed by atoms with van der Waals surface area (Å²) in [4.78, 5) is 13.9. The SMILES string of the molecule is O=C1CCCC1CCN(CCO)Cc1ccccc1. The summed E-state index contributed by atoms with van der Waals surface area (Å²) < 4.78 is 0. The lowest BCUT2D eigenvalue weighted by Crippen LogP contribution is -2.29. The Balaban J connectivity index is 1.83. The van der Waals surface area contributed by atoms with Crippen LogP contribution in [0.1, 0.15) is 31.2 Å². The van der Waals surface area contributed by atoms with E-state index in [1.54, 1.807) is 0 Å². The first-order valence-corrected chi connectivity index (χ1v) is 7.19. The fraction of sp³-hybridized carbons (Fsp3) is 0.562. The minimum Gasteiger partial charge on any atom is -0.395 e. The van der Waals surface area contributed by atoms with Crippen LogP contribution in [0.15, 0.2) is 30.3 Å². The lowest BCUT2D eigenvalue weighted by Gasteiger charge is -2.22. The van der Waals surface area contributed by atoms with Crippen molar-refractivity contribution in [2.75, 3.05) is 19.7 Å². The van der Waals surface area contributed by atoms with Gasteiger partial charge in [-0.15, -0.1) is 0 Å². The van der Waals surface area contributed by atoms with E-state index in [1.807, 2.05) is 18.2 Å². The molecule has 1 unspecified atom stereocenters. The van der Waals surface area contributed by atoms with Crippen LogP contribution in [-0.2, 0) is 11.3 Å². The lowest BCUT2D eigenvalue weighted by atomic mass is 10.0. The van der Waals surface area contributed by atoms with Crippen molar-refractivity contribution in [3.63, 3.8) is 0 Å². The summed E-state index contributed by atoms with van der Waals surface area (Å²) in [6.45, 7) is 2.59. The summed E-state index contributed by atoms with van der Waals surface area (Å²) in [5, 5.41) is 9.15. The van der Waals surface area contributed by atoms with Gasteiger partial charge in [-0.3, -0.25) is 9.69 Å². The van der Waals surface area contributed by atoms with Crippen LogP contribution in [0, 0.1) is 5.92 Å². The third kappa shape index (κ3) is 4.44. The second-order valence-corrected chi connectivity index (χ2v) is 5.33. The number of carbonyl (C=O) groups excluding carboxylic acids is 1. The van der Waals surface area contributed by atoms with Crippen molar-refractivity contribution in [1.29, 1.82) is 0 Å². The van der Waals surface area contributed by atoms with Crippen molar-refractivity contribution >= 4 is 5.78 Å². The molecule has 1 saturated carbocycles. The van der Waals surface area contributed by atoms with Crippen LogP contribution in [-0.4, -0.2) is 35.5 Å². The molecule has 19 heavy (non-hydrogen) atoms. The Bertz CT molecular complexity index is 391. The van der Waals surface area contributed by atoms with Crippen LogP contribution in [0.4, 0.5) is 0 Å². The van der Waals surface area contributed by atoms with Gasteiger partial charge in [0.15, 0.2) is 0 Å². The maximum absolute atomic E-state index is 11.6. The van der Waals surface area contributed by atoms with Gasteiger partial charge in [-0.25, -0.2) is 0 Å². The molecule has 1 aliphatic carbocycles. The monoisotopic (exact) mass is 261 g/mol. The Hall–Kier alpha value is -1.19. The van der Waals surface area contributed by atoms with Crippen molar-refractivity contribution in [2.24, 2.45) is 5.92 Å². The topological polar surface area (TPSA) is 40.5 Å². The molecule has 0 heterocycles. The number of benzene rings is 1. The molecule has 1 aromatic rings. The molecule has 2 rings (SSSR count). The third-order valence-electron chi connectivity index (χ3n) is 3.89. The molecule has 104 valence electrons. The van der Waals surface area contributed by atoms with E-state index in [0.717, 1.165) is 38.8 Å². The lowest BCUT2D eigenvalue weighted by molar-refractivity contribution is -0.120. The van der Waals surface area contributed by atoms with Crippen LogP contribution in [0.5, 0.6) is 0 Å². The molecule has 3 nitrogen and oxygen atoms in total.